The summed E-state index contributed by atoms with van der Waals surface area (Å²) in [7, 11) is -3.03. The summed E-state index contributed by atoms with van der Waals surface area (Å²) < 4.78 is 49.5. The van der Waals surface area contributed by atoms with Crippen molar-refractivity contribution in [3.05, 3.63) is 35.4 Å². The van der Waals surface area contributed by atoms with Crippen molar-refractivity contribution in [2.45, 2.75) is 56.4 Å². The van der Waals surface area contributed by atoms with E-state index in [2.05, 4.69) is 5.32 Å². The minimum atomic E-state index is -3.03. The lowest BCUT2D eigenvalue weighted by molar-refractivity contribution is 0.428. The number of nitrogens with one attached hydrogen (secondary N) is 1. The summed E-state index contributed by atoms with van der Waals surface area (Å²) in [5.41, 5.74) is 0.749. The van der Waals surface area contributed by atoms with Gasteiger partial charge in [0.15, 0.2) is 21.5 Å². The molecule has 0 aromatic heterocycles. The lowest BCUT2D eigenvalue weighted by Crippen LogP contribution is -2.44. The molecular weight excluding hydrogens is 308 g/mol. The molecule has 3 nitrogen and oxygen atoms in total. The maximum absolute atomic E-state index is 13.2. The van der Waals surface area contributed by atoms with E-state index in [0.717, 1.165) is 30.9 Å². The molecule has 1 aromatic carbocycles. The molecule has 3 unspecified atom stereocenters. The van der Waals surface area contributed by atoms with Gasteiger partial charge in [0.25, 0.3) is 0 Å². The molecule has 0 bridgehead atoms. The second-order valence-electron chi connectivity index (χ2n) is 6.26. The van der Waals surface area contributed by atoms with Gasteiger partial charge in [-0.25, -0.2) is 17.2 Å². The van der Waals surface area contributed by atoms with Crippen LogP contribution < -0.4 is 5.32 Å². The third-order valence-corrected chi connectivity index (χ3v) is 6.02. The average molecular weight is 331 g/mol. The molecule has 1 aliphatic rings. The van der Waals surface area contributed by atoms with Gasteiger partial charge in [-0.1, -0.05) is 12.5 Å². The number of benzene rings is 1. The van der Waals surface area contributed by atoms with Gasteiger partial charge in [0.05, 0.1) is 5.25 Å². The zero-order chi connectivity index (χ0) is 16.3. The van der Waals surface area contributed by atoms with Crippen LogP contribution in [-0.2, 0) is 16.3 Å². The Hall–Kier alpha value is -1.01. The summed E-state index contributed by atoms with van der Waals surface area (Å²) in [4.78, 5) is 0. The number of halogens is 2. The van der Waals surface area contributed by atoms with Crippen molar-refractivity contribution in [3.63, 3.8) is 0 Å². The number of rotatable bonds is 6. The SMILES string of the molecule is CC(CCc1ccc(F)c(F)c1)NC1CCCC1S(C)(=O)=O. The first-order valence-corrected chi connectivity index (χ1v) is 9.61. The topological polar surface area (TPSA) is 46.2 Å². The Morgan fingerprint density at radius 3 is 2.64 bits per heavy atom. The molecular formula is C16H23F2NO2S. The first kappa shape index (κ1) is 17.3. The Morgan fingerprint density at radius 2 is 2.00 bits per heavy atom. The number of aryl methyl sites for hydroxylation is 1. The molecule has 2 rings (SSSR count). The van der Waals surface area contributed by atoms with Crippen molar-refractivity contribution in [3.8, 4) is 0 Å². The third kappa shape index (κ3) is 4.49. The Labute approximate surface area is 131 Å². The summed E-state index contributed by atoms with van der Waals surface area (Å²) in [5.74, 6) is -1.66. The van der Waals surface area contributed by atoms with Crippen molar-refractivity contribution < 1.29 is 17.2 Å². The first-order valence-electron chi connectivity index (χ1n) is 7.66. The summed E-state index contributed by atoms with van der Waals surface area (Å²) in [6, 6.07) is 4.06. The highest BCUT2D eigenvalue weighted by molar-refractivity contribution is 7.91. The Morgan fingerprint density at radius 1 is 1.27 bits per heavy atom. The van der Waals surface area contributed by atoms with Crippen molar-refractivity contribution >= 4 is 9.84 Å². The molecule has 0 radical (unpaired) electrons. The van der Waals surface area contributed by atoms with E-state index in [9.17, 15) is 17.2 Å². The van der Waals surface area contributed by atoms with Crippen LogP contribution in [0.1, 0.15) is 38.2 Å². The van der Waals surface area contributed by atoms with E-state index >= 15 is 0 Å². The van der Waals surface area contributed by atoms with Crippen LogP contribution in [0.25, 0.3) is 0 Å². The monoisotopic (exact) mass is 331 g/mol. The Bertz CT molecular complexity index is 619. The van der Waals surface area contributed by atoms with Gasteiger partial charge in [-0.15, -0.1) is 0 Å². The van der Waals surface area contributed by atoms with Crippen LogP contribution >= 0.6 is 0 Å². The predicted octanol–water partition coefficient (Wildman–Crippen LogP) is 2.84. The average Bonchev–Trinajstić information content (AvgIpc) is 2.88. The summed E-state index contributed by atoms with van der Waals surface area (Å²) in [6.45, 7) is 2.00. The van der Waals surface area contributed by atoms with E-state index in [1.54, 1.807) is 6.07 Å². The molecule has 1 aromatic rings. The second-order valence-corrected chi connectivity index (χ2v) is 8.52. The predicted molar refractivity (Wildman–Crippen MR) is 83.5 cm³/mol. The molecule has 0 heterocycles. The molecule has 1 fully saturated rings. The molecule has 0 amide bonds. The van der Waals surface area contributed by atoms with Gasteiger partial charge in [-0.3, -0.25) is 0 Å². The van der Waals surface area contributed by atoms with E-state index in [0.29, 0.717) is 12.8 Å². The van der Waals surface area contributed by atoms with E-state index in [-0.39, 0.29) is 17.3 Å². The highest BCUT2D eigenvalue weighted by Crippen LogP contribution is 2.25. The standard InChI is InChI=1S/C16H23F2NO2S/c1-11(6-7-12-8-9-13(17)14(18)10-12)19-15-4-3-5-16(15)22(2,20)21/h8-11,15-16,19H,3-7H2,1-2H3. The molecule has 1 N–H and O–H groups in total. The Balaban J connectivity index is 1.87. The lowest BCUT2D eigenvalue weighted by atomic mass is 10.0. The summed E-state index contributed by atoms with van der Waals surface area (Å²) in [5, 5.41) is 3.08. The van der Waals surface area contributed by atoms with Gasteiger partial charge in [0.2, 0.25) is 0 Å². The van der Waals surface area contributed by atoms with Gasteiger partial charge in [-0.05, 0) is 50.3 Å². The number of hydrogen-bond acceptors (Lipinski definition) is 3. The van der Waals surface area contributed by atoms with Gasteiger partial charge in [-0.2, -0.15) is 0 Å². The smallest absolute Gasteiger partial charge is 0.159 e. The normalized spacial score (nSPS) is 23.6. The largest absolute Gasteiger partial charge is 0.310 e. The van der Waals surface area contributed by atoms with Crippen LogP contribution in [0, 0.1) is 11.6 Å². The summed E-state index contributed by atoms with van der Waals surface area (Å²) in [6.07, 6.45) is 5.17. The molecule has 22 heavy (non-hydrogen) atoms. The van der Waals surface area contributed by atoms with E-state index in [1.165, 1.54) is 12.3 Å². The fourth-order valence-corrected chi connectivity index (χ4v) is 4.56. The Kier molecular flexibility index (Phi) is 5.55. The minimum absolute atomic E-state index is 0.00467. The van der Waals surface area contributed by atoms with Gasteiger partial charge in [0.1, 0.15) is 0 Å². The van der Waals surface area contributed by atoms with Gasteiger partial charge < -0.3 is 5.32 Å². The van der Waals surface area contributed by atoms with Gasteiger partial charge in [0, 0.05) is 18.3 Å². The van der Waals surface area contributed by atoms with E-state index < -0.39 is 21.5 Å². The van der Waals surface area contributed by atoms with Crippen LogP contribution in [0.15, 0.2) is 18.2 Å². The van der Waals surface area contributed by atoms with Crippen LogP contribution in [0.5, 0.6) is 0 Å². The zero-order valence-electron chi connectivity index (χ0n) is 13.0. The van der Waals surface area contributed by atoms with E-state index in [1.807, 2.05) is 6.92 Å². The third-order valence-electron chi connectivity index (χ3n) is 4.35. The van der Waals surface area contributed by atoms with Gasteiger partial charge >= 0.3 is 0 Å². The maximum Gasteiger partial charge on any atom is 0.159 e. The lowest BCUT2D eigenvalue weighted by Gasteiger charge is -2.24. The zero-order valence-corrected chi connectivity index (χ0v) is 13.8. The van der Waals surface area contributed by atoms with Crippen LogP contribution in [0.3, 0.4) is 0 Å². The number of sulfone groups is 1. The van der Waals surface area contributed by atoms with Crippen molar-refractivity contribution in [1.82, 2.24) is 5.32 Å². The summed E-state index contributed by atoms with van der Waals surface area (Å²) >= 11 is 0. The molecule has 3 atom stereocenters. The van der Waals surface area contributed by atoms with Crippen LogP contribution in [0.2, 0.25) is 0 Å². The maximum atomic E-state index is 13.2. The second kappa shape index (κ2) is 7.04. The minimum Gasteiger partial charge on any atom is -0.310 e. The first-order chi connectivity index (χ1) is 10.3. The molecule has 0 spiro atoms. The molecule has 0 saturated heterocycles. The molecule has 124 valence electrons. The highest BCUT2D eigenvalue weighted by atomic mass is 32.2. The quantitative estimate of drug-likeness (QED) is 0.872. The van der Waals surface area contributed by atoms with Crippen LogP contribution in [-0.4, -0.2) is 32.0 Å². The molecule has 1 saturated carbocycles. The van der Waals surface area contributed by atoms with E-state index in [4.69, 9.17) is 0 Å². The van der Waals surface area contributed by atoms with Crippen molar-refractivity contribution in [2.24, 2.45) is 0 Å². The van der Waals surface area contributed by atoms with Crippen molar-refractivity contribution in [1.29, 1.82) is 0 Å². The van der Waals surface area contributed by atoms with Crippen LogP contribution in [0.4, 0.5) is 8.78 Å². The molecule has 1 aliphatic carbocycles. The number of hydrogen-bond donors (Lipinski definition) is 1. The van der Waals surface area contributed by atoms with Crippen molar-refractivity contribution in [2.75, 3.05) is 6.26 Å². The molecule has 0 aliphatic heterocycles. The fourth-order valence-electron chi connectivity index (χ4n) is 3.16. The molecule has 6 heteroatoms. The highest BCUT2D eigenvalue weighted by Gasteiger charge is 2.35. The fraction of sp³-hybridized carbons (Fsp3) is 0.625.